The Bertz CT molecular complexity index is 1190. The Morgan fingerprint density at radius 2 is 1.18 bits per heavy atom. The van der Waals surface area contributed by atoms with Crippen LogP contribution in [0.5, 0.6) is 0 Å². The van der Waals surface area contributed by atoms with Gasteiger partial charge in [-0.25, -0.2) is 4.58 Å². The van der Waals surface area contributed by atoms with E-state index < -0.39 is 0 Å². The van der Waals surface area contributed by atoms with Gasteiger partial charge in [0.2, 0.25) is 5.69 Å². The van der Waals surface area contributed by atoms with Crippen LogP contribution in [0.4, 0.5) is 11.4 Å². The second-order valence-corrected chi connectivity index (χ2v) is 13.7. The molecule has 2 aromatic carbocycles. The molecule has 0 saturated heterocycles. The highest BCUT2D eigenvalue weighted by atomic mass is 127. The maximum Gasteiger partial charge on any atom is 0.211 e. The van der Waals surface area contributed by atoms with Crippen LogP contribution in [-0.4, -0.2) is 28.0 Å². The monoisotopic (exact) mass is 1070 g/mol. The van der Waals surface area contributed by atoms with Gasteiger partial charge in [-0.2, -0.15) is 0 Å². The van der Waals surface area contributed by atoms with E-state index in [0.717, 1.165) is 38.2 Å². The summed E-state index contributed by atoms with van der Waals surface area (Å²) in [4.78, 5) is 6.57. The Kier molecular flexibility index (Phi) is 13.0. The summed E-state index contributed by atoms with van der Waals surface area (Å²) in [5, 5.41) is 0. The van der Waals surface area contributed by atoms with Crippen LogP contribution < -0.4 is 24.0 Å². The van der Waals surface area contributed by atoms with E-state index in [1.807, 2.05) is 4.93 Å². The van der Waals surface area contributed by atoms with E-state index in [4.69, 9.17) is 0 Å². The fourth-order valence-corrected chi connectivity index (χ4v) is 7.80. The zero-order valence-electron chi connectivity index (χ0n) is 20.1. The van der Waals surface area contributed by atoms with Gasteiger partial charge in [-0.3, -0.25) is 4.99 Å². The quantitative estimate of drug-likeness (QED) is 0.109. The molecular formula is C24H26Br6I2N2. The van der Waals surface area contributed by atoms with E-state index in [9.17, 15) is 0 Å². The van der Waals surface area contributed by atoms with Crippen LogP contribution in [0, 0.1) is 0 Å². The molecule has 2 heterocycles. The van der Waals surface area contributed by atoms with E-state index in [2.05, 4.69) is 188 Å². The Hall–Kier alpha value is 2.12. The second kappa shape index (κ2) is 13.0. The standard InChI is InChI=1S/C12H13Br3N.C11H10Br3N.CH3I.HI/c1-6-12(2,3)9-8(16(6)4)5-7(13)10(14)11(9)15;1-5-11(2,3)8-7(15-5)4-6(12)9(13)10(8)14;1-2;/h5H,1-4H3;4H,1-3H3;1H3;1H/q+1;;;/p-1. The van der Waals surface area contributed by atoms with Crippen LogP contribution in [0.3, 0.4) is 0 Å². The van der Waals surface area contributed by atoms with Gasteiger partial charge in [-0.1, -0.05) is 36.4 Å². The summed E-state index contributed by atoms with van der Waals surface area (Å²) in [5.41, 5.74) is 7.54. The number of alkyl halides is 1. The van der Waals surface area contributed by atoms with Crippen molar-refractivity contribution in [1.82, 2.24) is 0 Å². The van der Waals surface area contributed by atoms with Crippen LogP contribution in [-0.2, 0) is 10.8 Å². The molecule has 0 amide bonds. The minimum atomic E-state index is 0. The highest BCUT2D eigenvalue weighted by Gasteiger charge is 2.44. The summed E-state index contributed by atoms with van der Waals surface area (Å²) in [6.07, 6.45) is 0. The predicted octanol–water partition coefficient (Wildman–Crippen LogP) is 8.41. The lowest BCUT2D eigenvalue weighted by Gasteiger charge is -2.22. The molecule has 2 nitrogen and oxygen atoms in total. The molecule has 2 aromatic rings. The van der Waals surface area contributed by atoms with E-state index in [1.165, 1.54) is 22.5 Å². The third-order valence-electron chi connectivity index (χ3n) is 6.49. The topological polar surface area (TPSA) is 15.4 Å². The maximum absolute atomic E-state index is 4.60. The molecule has 2 aliphatic rings. The van der Waals surface area contributed by atoms with Crippen molar-refractivity contribution in [2.24, 2.45) is 4.99 Å². The van der Waals surface area contributed by atoms with Crippen LogP contribution in [0.15, 0.2) is 44.0 Å². The Morgan fingerprint density at radius 1 is 0.735 bits per heavy atom. The number of hydrogen-bond donors (Lipinski definition) is 0. The van der Waals surface area contributed by atoms with Crippen LogP contribution in [0.25, 0.3) is 0 Å². The smallest absolute Gasteiger partial charge is 0.211 e. The molecule has 4 rings (SSSR count). The molecule has 0 fully saturated rings. The largest absolute Gasteiger partial charge is 1.00 e. The van der Waals surface area contributed by atoms with Crippen molar-refractivity contribution < 1.29 is 28.6 Å². The molecule has 0 spiro atoms. The van der Waals surface area contributed by atoms with Crippen molar-refractivity contribution in [2.75, 3.05) is 12.0 Å². The first kappa shape index (κ1) is 34.1. The lowest BCUT2D eigenvalue weighted by molar-refractivity contribution is -0.403. The Balaban J connectivity index is 0.000000309. The lowest BCUT2D eigenvalue weighted by atomic mass is 9.82. The fraction of sp³-hybridized carbons (Fsp3) is 0.417. The molecule has 0 radical (unpaired) electrons. The summed E-state index contributed by atoms with van der Waals surface area (Å²) in [6.45, 7) is 13.2. The van der Waals surface area contributed by atoms with Crippen molar-refractivity contribution in [1.29, 1.82) is 0 Å². The summed E-state index contributed by atoms with van der Waals surface area (Å²) < 4.78 is 8.75. The molecule has 0 aromatic heterocycles. The van der Waals surface area contributed by atoms with E-state index in [-0.39, 0.29) is 34.8 Å². The summed E-state index contributed by atoms with van der Waals surface area (Å²) in [5.74, 6) is 0. The highest BCUT2D eigenvalue weighted by Crippen LogP contribution is 2.50. The molecule has 34 heavy (non-hydrogen) atoms. The summed E-state index contributed by atoms with van der Waals surface area (Å²) in [6, 6.07) is 4.23. The molecule has 188 valence electrons. The molecule has 0 N–H and O–H groups in total. The molecule has 0 bridgehead atoms. The Morgan fingerprint density at radius 3 is 1.68 bits per heavy atom. The van der Waals surface area contributed by atoms with Crippen molar-refractivity contribution in [2.45, 2.75) is 52.4 Å². The van der Waals surface area contributed by atoms with Crippen molar-refractivity contribution in [3.8, 4) is 0 Å². The number of halogens is 8. The van der Waals surface area contributed by atoms with Gasteiger partial charge in [-0.05, 0) is 127 Å². The number of nitrogens with zero attached hydrogens (tertiary/aromatic N) is 2. The molecule has 0 aliphatic carbocycles. The van der Waals surface area contributed by atoms with Crippen LogP contribution in [0.2, 0.25) is 0 Å². The van der Waals surface area contributed by atoms with Crippen LogP contribution in [0.1, 0.15) is 52.7 Å². The van der Waals surface area contributed by atoms with Gasteiger partial charge < -0.3 is 24.0 Å². The van der Waals surface area contributed by atoms with Gasteiger partial charge in [0.15, 0.2) is 5.71 Å². The molecular weight excluding hydrogens is 1050 g/mol. The van der Waals surface area contributed by atoms with Gasteiger partial charge in [0.1, 0.15) is 7.05 Å². The van der Waals surface area contributed by atoms with Crippen molar-refractivity contribution in [3.05, 3.63) is 50.1 Å². The Labute approximate surface area is 284 Å². The normalized spacial score (nSPS) is 16.4. The molecule has 0 saturated carbocycles. The first-order chi connectivity index (χ1) is 15.1. The highest BCUT2D eigenvalue weighted by molar-refractivity contribution is 14.1. The lowest BCUT2D eigenvalue weighted by Crippen LogP contribution is -3.00. The van der Waals surface area contributed by atoms with Gasteiger partial charge in [0.25, 0.3) is 0 Å². The number of aliphatic imine (C=N–C) groups is 1. The zero-order chi connectivity index (χ0) is 25.6. The SMILES string of the molecule is CC1=Nc2cc(Br)c(Br)c(Br)c2C1(C)C.CC1=[N+](C)c2cc(Br)c(Br)c(Br)c2C1(C)C.CI.[I-]. The third kappa shape index (κ3) is 6.13. The average molecular weight is 1080 g/mol. The third-order valence-corrected chi connectivity index (χ3v) is 13.1. The summed E-state index contributed by atoms with van der Waals surface area (Å²) in [7, 11) is 2.12. The number of benzene rings is 2. The van der Waals surface area contributed by atoms with Crippen molar-refractivity contribution in [3.63, 3.8) is 0 Å². The molecule has 10 heteroatoms. The molecule has 0 atom stereocenters. The van der Waals surface area contributed by atoms with Gasteiger partial charge in [0, 0.05) is 56.5 Å². The second-order valence-electron chi connectivity index (χ2n) is 8.85. The summed E-state index contributed by atoms with van der Waals surface area (Å²) >= 11 is 23.7. The molecule has 2 aliphatic heterocycles. The van der Waals surface area contributed by atoms with E-state index >= 15 is 0 Å². The van der Waals surface area contributed by atoms with E-state index in [0.29, 0.717) is 0 Å². The first-order valence-electron chi connectivity index (χ1n) is 10.0. The van der Waals surface area contributed by atoms with Crippen LogP contribution >= 0.6 is 118 Å². The molecule has 0 unspecified atom stereocenters. The average Bonchev–Trinajstić information content (AvgIpc) is 3.07. The van der Waals surface area contributed by atoms with Crippen molar-refractivity contribution >= 4 is 141 Å². The van der Waals surface area contributed by atoms with Gasteiger partial charge >= 0.3 is 0 Å². The zero-order valence-corrected chi connectivity index (χ0v) is 33.9. The first-order valence-corrected chi connectivity index (χ1v) is 16.9. The number of fused-ring (bicyclic) bond motifs is 2. The number of rotatable bonds is 0. The maximum atomic E-state index is 4.60. The van der Waals surface area contributed by atoms with Gasteiger partial charge in [0.05, 0.1) is 16.7 Å². The van der Waals surface area contributed by atoms with E-state index in [1.54, 1.807) is 0 Å². The van der Waals surface area contributed by atoms with Gasteiger partial charge in [-0.15, -0.1) is 0 Å². The fourth-order valence-electron chi connectivity index (χ4n) is 3.99. The minimum Gasteiger partial charge on any atom is -1.00 e. The number of hydrogen-bond acceptors (Lipinski definition) is 1. The minimum absolute atomic E-state index is 0. The predicted molar refractivity (Wildman–Crippen MR) is 174 cm³/mol.